The Morgan fingerprint density at radius 1 is 1.03 bits per heavy atom. The number of hydrogen-bond donors (Lipinski definition) is 1. The van der Waals surface area contributed by atoms with Gasteiger partial charge in [-0.25, -0.2) is 0 Å². The summed E-state index contributed by atoms with van der Waals surface area (Å²) in [5.41, 5.74) is 5.61. The van der Waals surface area contributed by atoms with E-state index in [1.807, 2.05) is 13.8 Å². The van der Waals surface area contributed by atoms with Crippen molar-refractivity contribution in [2.24, 2.45) is 5.92 Å². The van der Waals surface area contributed by atoms with Crippen LogP contribution in [0.1, 0.15) is 60.4 Å². The molecule has 1 N–H and O–H groups in total. The van der Waals surface area contributed by atoms with E-state index >= 15 is 0 Å². The van der Waals surface area contributed by atoms with E-state index in [0.717, 1.165) is 54.2 Å². The van der Waals surface area contributed by atoms with Crippen molar-refractivity contribution < 1.29 is 9.84 Å². The van der Waals surface area contributed by atoms with E-state index in [2.05, 4.69) is 49.1 Å². The van der Waals surface area contributed by atoms with Crippen LogP contribution in [0, 0.1) is 26.7 Å². The van der Waals surface area contributed by atoms with Crippen LogP contribution in [-0.2, 0) is 12.8 Å². The molecule has 2 aliphatic heterocycles. The third-order valence-electron chi connectivity index (χ3n) is 7.62. The van der Waals surface area contributed by atoms with E-state index in [9.17, 15) is 5.11 Å². The lowest BCUT2D eigenvalue weighted by Gasteiger charge is -2.40. The van der Waals surface area contributed by atoms with Crippen molar-refractivity contribution in [3.8, 4) is 11.5 Å². The smallest absolute Gasteiger partial charge is 0.127 e. The Morgan fingerprint density at radius 3 is 2.43 bits per heavy atom. The lowest BCUT2D eigenvalue weighted by molar-refractivity contribution is 0.0390. The quantitative estimate of drug-likeness (QED) is 0.685. The number of hydrogen-bond acceptors (Lipinski definition) is 3. The summed E-state index contributed by atoms with van der Waals surface area (Å²) in [7, 11) is 0. The summed E-state index contributed by atoms with van der Waals surface area (Å²) < 4.78 is 6.62. The van der Waals surface area contributed by atoms with Crippen molar-refractivity contribution in [3.63, 3.8) is 0 Å². The molecule has 1 fully saturated rings. The van der Waals surface area contributed by atoms with E-state index < -0.39 is 0 Å². The Bertz CT molecular complexity index is 884. The molecule has 0 spiro atoms. The van der Waals surface area contributed by atoms with E-state index in [0.29, 0.717) is 5.75 Å². The minimum absolute atomic E-state index is 0.117. The number of rotatable bonds is 5. The van der Waals surface area contributed by atoms with Crippen LogP contribution < -0.4 is 4.74 Å². The van der Waals surface area contributed by atoms with Gasteiger partial charge in [-0.1, -0.05) is 30.3 Å². The predicted octanol–water partition coefficient (Wildman–Crippen LogP) is 5.75. The zero-order valence-corrected chi connectivity index (χ0v) is 19.1. The first-order valence-electron chi connectivity index (χ1n) is 11.6. The van der Waals surface area contributed by atoms with Gasteiger partial charge in [0.05, 0.1) is 0 Å². The maximum Gasteiger partial charge on any atom is 0.127 e. The zero-order chi connectivity index (χ0) is 21.3. The van der Waals surface area contributed by atoms with Crippen LogP contribution in [0.3, 0.4) is 0 Å². The summed E-state index contributed by atoms with van der Waals surface area (Å²) in [5, 5.41) is 10.4. The maximum absolute atomic E-state index is 10.4. The van der Waals surface area contributed by atoms with Gasteiger partial charge in [-0.15, -0.1) is 0 Å². The topological polar surface area (TPSA) is 32.7 Å². The first-order valence-corrected chi connectivity index (χ1v) is 11.6. The zero-order valence-electron chi connectivity index (χ0n) is 19.1. The van der Waals surface area contributed by atoms with Crippen LogP contribution in [0.5, 0.6) is 11.5 Å². The number of aromatic hydroxyl groups is 1. The Kier molecular flexibility index (Phi) is 6.11. The van der Waals surface area contributed by atoms with Crippen LogP contribution >= 0.6 is 0 Å². The molecule has 3 heteroatoms. The average molecular weight is 408 g/mol. The summed E-state index contributed by atoms with van der Waals surface area (Å²) in [5.74, 6) is 2.29. The van der Waals surface area contributed by atoms with Crippen molar-refractivity contribution in [3.05, 3.63) is 58.1 Å². The molecule has 1 saturated heterocycles. The molecule has 1 atom stereocenters. The molecule has 0 bridgehead atoms. The van der Waals surface area contributed by atoms with Crippen molar-refractivity contribution >= 4 is 0 Å². The second kappa shape index (κ2) is 8.63. The Labute approximate surface area is 182 Å². The number of nitrogens with zero attached hydrogens (tertiary/aromatic N) is 1. The van der Waals surface area contributed by atoms with Crippen LogP contribution in [0.25, 0.3) is 0 Å². The van der Waals surface area contributed by atoms with Crippen molar-refractivity contribution in [1.82, 2.24) is 4.90 Å². The monoisotopic (exact) mass is 407 g/mol. The molecule has 1 unspecified atom stereocenters. The molecule has 0 aromatic heterocycles. The average Bonchev–Trinajstić information content (AvgIpc) is 2.76. The van der Waals surface area contributed by atoms with Gasteiger partial charge >= 0.3 is 0 Å². The van der Waals surface area contributed by atoms with Crippen molar-refractivity contribution in [2.45, 2.75) is 71.8 Å². The van der Waals surface area contributed by atoms with Crippen LogP contribution in [0.4, 0.5) is 0 Å². The first-order chi connectivity index (χ1) is 14.4. The van der Waals surface area contributed by atoms with Crippen molar-refractivity contribution in [2.75, 3.05) is 19.6 Å². The lowest BCUT2D eigenvalue weighted by atomic mass is 9.85. The van der Waals surface area contributed by atoms with Gasteiger partial charge in [-0.05, 0) is 107 Å². The molecular formula is C27H37NO2. The fourth-order valence-electron chi connectivity index (χ4n) is 5.23. The third-order valence-corrected chi connectivity index (χ3v) is 7.62. The third kappa shape index (κ3) is 4.37. The number of phenolic OH excluding ortho intramolecular Hbond substituents is 1. The molecule has 2 aromatic rings. The highest BCUT2D eigenvalue weighted by Crippen LogP contribution is 2.44. The minimum atomic E-state index is -0.117. The number of phenols is 1. The van der Waals surface area contributed by atoms with Gasteiger partial charge in [0, 0.05) is 12.1 Å². The maximum atomic E-state index is 10.4. The van der Waals surface area contributed by atoms with Crippen LogP contribution in [0.15, 0.2) is 30.3 Å². The molecule has 0 amide bonds. The molecule has 0 saturated carbocycles. The molecule has 0 aliphatic carbocycles. The molecule has 2 heterocycles. The summed E-state index contributed by atoms with van der Waals surface area (Å²) >= 11 is 0. The molecule has 3 nitrogen and oxygen atoms in total. The van der Waals surface area contributed by atoms with Crippen LogP contribution in [-0.4, -0.2) is 35.2 Å². The Hall–Kier alpha value is -2.00. The SMILES string of the molecule is Cc1c(C)c2c(c(C)c1O)CCC(C)(CCN1CCC(Cc3ccccc3)CC1)O2. The van der Waals surface area contributed by atoms with Crippen LogP contribution in [0.2, 0.25) is 0 Å². The summed E-state index contributed by atoms with van der Waals surface area (Å²) in [6, 6.07) is 10.9. The van der Waals surface area contributed by atoms with Gasteiger partial charge in [0.25, 0.3) is 0 Å². The predicted molar refractivity (Wildman–Crippen MR) is 124 cm³/mol. The fraction of sp³-hybridized carbons (Fsp3) is 0.556. The van der Waals surface area contributed by atoms with Gasteiger partial charge in [0.1, 0.15) is 17.1 Å². The number of piperidine rings is 1. The molecule has 2 aliphatic rings. The number of likely N-dealkylation sites (tertiary alicyclic amines) is 1. The van der Waals surface area contributed by atoms with Gasteiger partial charge in [0.15, 0.2) is 0 Å². The number of benzene rings is 2. The lowest BCUT2D eigenvalue weighted by Crippen LogP contribution is -2.42. The first kappa shape index (κ1) is 21.2. The second-order valence-corrected chi connectivity index (χ2v) is 9.81. The highest BCUT2D eigenvalue weighted by atomic mass is 16.5. The standard InChI is InChI=1S/C27H37NO2/c1-19-20(2)26-24(21(3)25(19)29)10-13-27(4,30-26)14-17-28-15-11-23(12-16-28)18-22-8-6-5-7-9-22/h5-9,23,29H,10-18H2,1-4H3. The molecule has 162 valence electrons. The van der Waals surface area contributed by atoms with E-state index in [1.54, 1.807) is 0 Å². The molecule has 2 aromatic carbocycles. The molecule has 4 rings (SSSR count). The van der Waals surface area contributed by atoms with E-state index in [4.69, 9.17) is 4.74 Å². The number of ether oxygens (including phenoxy) is 1. The van der Waals surface area contributed by atoms with E-state index in [-0.39, 0.29) is 5.60 Å². The Morgan fingerprint density at radius 2 is 1.73 bits per heavy atom. The normalized spacial score (nSPS) is 22.5. The fourth-order valence-corrected chi connectivity index (χ4v) is 5.23. The Balaban J connectivity index is 1.32. The van der Waals surface area contributed by atoms with Gasteiger partial charge in [-0.2, -0.15) is 0 Å². The summed E-state index contributed by atoms with van der Waals surface area (Å²) in [6.45, 7) is 11.9. The summed E-state index contributed by atoms with van der Waals surface area (Å²) in [6.07, 6.45) is 6.89. The second-order valence-electron chi connectivity index (χ2n) is 9.81. The highest BCUT2D eigenvalue weighted by Gasteiger charge is 2.35. The molecular weight excluding hydrogens is 370 g/mol. The van der Waals surface area contributed by atoms with Gasteiger partial charge in [0.2, 0.25) is 0 Å². The van der Waals surface area contributed by atoms with Crippen molar-refractivity contribution in [1.29, 1.82) is 0 Å². The number of fused-ring (bicyclic) bond motifs is 1. The highest BCUT2D eigenvalue weighted by molar-refractivity contribution is 5.58. The summed E-state index contributed by atoms with van der Waals surface area (Å²) in [4.78, 5) is 2.63. The molecule has 30 heavy (non-hydrogen) atoms. The largest absolute Gasteiger partial charge is 0.507 e. The van der Waals surface area contributed by atoms with Gasteiger partial charge < -0.3 is 14.7 Å². The minimum Gasteiger partial charge on any atom is -0.507 e. The molecule has 0 radical (unpaired) electrons. The van der Waals surface area contributed by atoms with E-state index in [1.165, 1.54) is 43.5 Å². The van der Waals surface area contributed by atoms with Gasteiger partial charge in [-0.3, -0.25) is 0 Å².